The summed E-state index contributed by atoms with van der Waals surface area (Å²) in [5, 5.41) is 0. The van der Waals surface area contributed by atoms with Gasteiger partial charge in [-0.25, -0.2) is 0 Å². The first-order chi connectivity index (χ1) is 6.04. The molecule has 0 aromatic heterocycles. The molecule has 0 spiro atoms. The van der Waals surface area contributed by atoms with Crippen molar-refractivity contribution in [2.45, 2.75) is 26.0 Å². The number of primary amides is 1. The Kier molecular flexibility index (Phi) is 6.48. The van der Waals surface area contributed by atoms with E-state index in [2.05, 4.69) is 0 Å². The van der Waals surface area contributed by atoms with Crippen molar-refractivity contribution in [3.8, 4) is 0 Å². The monoisotopic (exact) mass is 190 g/mol. The van der Waals surface area contributed by atoms with Crippen LogP contribution in [0.4, 0.5) is 0 Å². The van der Waals surface area contributed by atoms with Gasteiger partial charge in [-0.3, -0.25) is 4.79 Å². The minimum Gasteiger partial charge on any atom is -0.377 e. The van der Waals surface area contributed by atoms with Gasteiger partial charge in [0, 0.05) is 0 Å². The molecule has 78 valence electrons. The maximum atomic E-state index is 10.5. The van der Waals surface area contributed by atoms with Crippen LogP contribution < -0.4 is 11.5 Å². The van der Waals surface area contributed by atoms with E-state index in [0.717, 1.165) is 0 Å². The zero-order chi connectivity index (χ0) is 10.3. The minimum absolute atomic E-state index is 0.150. The Labute approximate surface area is 78.4 Å². The normalized spacial score (nSPS) is 13.2. The zero-order valence-electron chi connectivity index (χ0n) is 8.16. The van der Waals surface area contributed by atoms with Crippen molar-refractivity contribution in [2.24, 2.45) is 11.5 Å². The third-order valence-electron chi connectivity index (χ3n) is 1.34. The van der Waals surface area contributed by atoms with E-state index in [0.29, 0.717) is 13.2 Å². The lowest BCUT2D eigenvalue weighted by atomic mass is 10.3. The van der Waals surface area contributed by atoms with Gasteiger partial charge < -0.3 is 20.9 Å². The van der Waals surface area contributed by atoms with Gasteiger partial charge in [-0.15, -0.1) is 0 Å². The maximum absolute atomic E-state index is 10.5. The quantitative estimate of drug-likeness (QED) is 0.516. The van der Waals surface area contributed by atoms with E-state index >= 15 is 0 Å². The largest absolute Gasteiger partial charge is 0.377 e. The zero-order valence-corrected chi connectivity index (χ0v) is 8.16. The second kappa shape index (κ2) is 6.82. The molecule has 0 rings (SSSR count). The molecule has 0 heterocycles. The molecule has 0 aromatic carbocycles. The van der Waals surface area contributed by atoms with Gasteiger partial charge in [-0.05, 0) is 13.8 Å². The fourth-order valence-electron chi connectivity index (χ4n) is 0.635. The molecule has 0 aromatic rings. The predicted octanol–water partition coefficient (Wildman–Crippen LogP) is -0.759. The van der Waals surface area contributed by atoms with Crippen LogP contribution in [0.1, 0.15) is 13.8 Å². The summed E-state index contributed by atoms with van der Waals surface area (Å²) in [4.78, 5) is 10.5. The van der Waals surface area contributed by atoms with Crippen LogP contribution in [0.2, 0.25) is 0 Å². The highest BCUT2D eigenvalue weighted by Crippen LogP contribution is 1.88. The van der Waals surface area contributed by atoms with Gasteiger partial charge in [0.05, 0.1) is 25.9 Å². The fourth-order valence-corrected chi connectivity index (χ4v) is 0.635. The van der Waals surface area contributed by atoms with Crippen LogP contribution in [0.5, 0.6) is 0 Å². The van der Waals surface area contributed by atoms with Gasteiger partial charge in [0.2, 0.25) is 5.91 Å². The Hall–Kier alpha value is -0.650. The molecular weight excluding hydrogens is 172 g/mol. The lowest BCUT2D eigenvalue weighted by Gasteiger charge is -2.10. The van der Waals surface area contributed by atoms with Crippen LogP contribution in [0.25, 0.3) is 0 Å². The summed E-state index contributed by atoms with van der Waals surface area (Å²) in [6.45, 7) is 4.96. The van der Waals surface area contributed by atoms with Crippen molar-refractivity contribution in [3.63, 3.8) is 0 Å². The molecule has 1 amide bonds. The van der Waals surface area contributed by atoms with Crippen LogP contribution in [0.3, 0.4) is 0 Å². The van der Waals surface area contributed by atoms with E-state index in [1.807, 2.05) is 13.8 Å². The standard InChI is InChI=1S/C8H18N2O3/c1-6(2)13-4-3-12-5-7(9)8(10)11/h6-7H,3-5,9H2,1-2H3,(H2,10,11). The van der Waals surface area contributed by atoms with E-state index in [-0.39, 0.29) is 12.7 Å². The van der Waals surface area contributed by atoms with Crippen LogP contribution in [0.15, 0.2) is 0 Å². The number of carbonyl (C=O) groups is 1. The second-order valence-corrected chi connectivity index (χ2v) is 3.00. The van der Waals surface area contributed by atoms with Crippen molar-refractivity contribution in [1.29, 1.82) is 0 Å². The van der Waals surface area contributed by atoms with Gasteiger partial charge in [0.25, 0.3) is 0 Å². The van der Waals surface area contributed by atoms with Crippen LogP contribution >= 0.6 is 0 Å². The smallest absolute Gasteiger partial charge is 0.236 e. The van der Waals surface area contributed by atoms with Crippen LogP contribution in [-0.2, 0) is 14.3 Å². The number of nitrogens with two attached hydrogens (primary N) is 2. The molecule has 0 saturated heterocycles. The van der Waals surface area contributed by atoms with Gasteiger partial charge in [0.1, 0.15) is 6.04 Å². The van der Waals surface area contributed by atoms with Gasteiger partial charge in [-0.2, -0.15) is 0 Å². The molecule has 1 unspecified atom stereocenters. The maximum Gasteiger partial charge on any atom is 0.236 e. The predicted molar refractivity (Wildman–Crippen MR) is 49.1 cm³/mol. The van der Waals surface area contributed by atoms with E-state index < -0.39 is 11.9 Å². The molecule has 5 heteroatoms. The van der Waals surface area contributed by atoms with Crippen molar-refractivity contribution in [1.82, 2.24) is 0 Å². The van der Waals surface area contributed by atoms with Crippen LogP contribution in [-0.4, -0.2) is 37.9 Å². The summed E-state index contributed by atoms with van der Waals surface area (Å²) < 4.78 is 10.3. The number of hydrogen-bond acceptors (Lipinski definition) is 4. The number of amides is 1. The Bertz CT molecular complexity index is 150. The molecule has 0 aliphatic carbocycles. The highest BCUT2D eigenvalue weighted by atomic mass is 16.5. The van der Waals surface area contributed by atoms with E-state index in [9.17, 15) is 4.79 Å². The Morgan fingerprint density at radius 1 is 1.38 bits per heavy atom. The van der Waals surface area contributed by atoms with Crippen molar-refractivity contribution >= 4 is 5.91 Å². The summed E-state index contributed by atoms with van der Waals surface area (Å²) in [6, 6.07) is -0.723. The summed E-state index contributed by atoms with van der Waals surface area (Å²) in [5.74, 6) is -0.551. The van der Waals surface area contributed by atoms with Gasteiger partial charge in [-0.1, -0.05) is 0 Å². The molecule has 0 saturated carbocycles. The highest BCUT2D eigenvalue weighted by Gasteiger charge is 2.08. The molecule has 0 aliphatic heterocycles. The summed E-state index contributed by atoms with van der Waals surface area (Å²) in [6.07, 6.45) is 0.188. The Balaban J connectivity index is 3.21. The summed E-state index contributed by atoms with van der Waals surface area (Å²) in [7, 11) is 0. The number of rotatable bonds is 7. The molecule has 5 nitrogen and oxygen atoms in total. The third kappa shape index (κ3) is 7.70. The molecule has 0 radical (unpaired) electrons. The van der Waals surface area contributed by atoms with Crippen molar-refractivity contribution in [2.75, 3.05) is 19.8 Å². The van der Waals surface area contributed by atoms with Gasteiger partial charge in [0.15, 0.2) is 0 Å². The molecule has 0 fully saturated rings. The average Bonchev–Trinajstić information content (AvgIpc) is 2.02. The molecule has 4 N–H and O–H groups in total. The third-order valence-corrected chi connectivity index (χ3v) is 1.34. The summed E-state index contributed by atoms with van der Waals surface area (Å²) >= 11 is 0. The molecule has 0 aliphatic rings. The molecule has 13 heavy (non-hydrogen) atoms. The van der Waals surface area contributed by atoms with Gasteiger partial charge >= 0.3 is 0 Å². The fraction of sp³-hybridized carbons (Fsp3) is 0.875. The lowest BCUT2D eigenvalue weighted by Crippen LogP contribution is -2.40. The number of carbonyl (C=O) groups excluding carboxylic acids is 1. The lowest BCUT2D eigenvalue weighted by molar-refractivity contribution is -0.120. The van der Waals surface area contributed by atoms with Crippen molar-refractivity contribution < 1.29 is 14.3 Å². The molecule has 1 atom stereocenters. The topological polar surface area (TPSA) is 87.6 Å². The number of hydrogen-bond donors (Lipinski definition) is 2. The minimum atomic E-state index is -0.723. The first kappa shape index (κ1) is 12.3. The summed E-state index contributed by atoms with van der Waals surface area (Å²) in [5.41, 5.74) is 10.2. The molecule has 0 bridgehead atoms. The van der Waals surface area contributed by atoms with Crippen LogP contribution in [0, 0.1) is 0 Å². The SMILES string of the molecule is CC(C)OCCOCC(N)C(N)=O. The molecular formula is C8H18N2O3. The highest BCUT2D eigenvalue weighted by molar-refractivity contribution is 5.79. The Morgan fingerprint density at radius 2 is 2.00 bits per heavy atom. The van der Waals surface area contributed by atoms with Crippen molar-refractivity contribution in [3.05, 3.63) is 0 Å². The van der Waals surface area contributed by atoms with E-state index in [1.165, 1.54) is 0 Å². The first-order valence-corrected chi connectivity index (χ1v) is 4.28. The Morgan fingerprint density at radius 3 is 2.46 bits per heavy atom. The second-order valence-electron chi connectivity index (χ2n) is 3.00. The van der Waals surface area contributed by atoms with E-state index in [1.54, 1.807) is 0 Å². The average molecular weight is 190 g/mol. The van der Waals surface area contributed by atoms with E-state index in [4.69, 9.17) is 20.9 Å². The number of ether oxygens (including phenoxy) is 2. The first-order valence-electron chi connectivity index (χ1n) is 4.28.